The van der Waals surface area contributed by atoms with Crippen LogP contribution in [0.1, 0.15) is 12.0 Å². The third kappa shape index (κ3) is 4.12. The number of benzene rings is 1. The van der Waals surface area contributed by atoms with E-state index in [-0.39, 0.29) is 17.9 Å². The average molecular weight is 316 g/mol. The number of carbonyl (C=O) groups excluding carboxylic acids is 2. The van der Waals surface area contributed by atoms with Crippen molar-refractivity contribution < 1.29 is 19.1 Å². The molecule has 6 nitrogen and oxygen atoms in total. The number of aromatic amines is 1. The van der Waals surface area contributed by atoms with E-state index >= 15 is 0 Å². The van der Waals surface area contributed by atoms with Crippen molar-refractivity contribution in [1.82, 2.24) is 10.3 Å². The predicted octanol–water partition coefficient (Wildman–Crippen LogP) is 1.95. The summed E-state index contributed by atoms with van der Waals surface area (Å²) in [5.41, 5.74) is 2.29. The van der Waals surface area contributed by atoms with Gasteiger partial charge in [0, 0.05) is 29.2 Å². The van der Waals surface area contributed by atoms with Crippen molar-refractivity contribution in [1.29, 1.82) is 0 Å². The third-order valence-electron chi connectivity index (χ3n) is 3.56. The van der Waals surface area contributed by atoms with Crippen molar-refractivity contribution in [2.24, 2.45) is 0 Å². The highest BCUT2D eigenvalue weighted by atomic mass is 16.5. The summed E-state index contributed by atoms with van der Waals surface area (Å²) in [4.78, 5) is 26.1. The summed E-state index contributed by atoms with van der Waals surface area (Å²) in [7, 11) is 2.90. The zero-order valence-electron chi connectivity index (χ0n) is 13.3. The molecule has 2 rings (SSSR count). The van der Waals surface area contributed by atoms with E-state index in [0.717, 1.165) is 22.2 Å². The molecule has 0 aliphatic rings. The van der Waals surface area contributed by atoms with Crippen LogP contribution in [0.5, 0.6) is 5.75 Å². The van der Waals surface area contributed by atoms with Gasteiger partial charge in [-0.25, -0.2) is 0 Å². The first-order valence-corrected chi connectivity index (χ1v) is 7.22. The maximum atomic E-state index is 11.8. The van der Waals surface area contributed by atoms with Crippen molar-refractivity contribution >= 4 is 22.8 Å². The van der Waals surface area contributed by atoms with Crippen molar-refractivity contribution in [2.75, 3.05) is 20.8 Å². The van der Waals surface area contributed by atoms with E-state index in [4.69, 9.17) is 4.74 Å². The lowest BCUT2D eigenvalue weighted by atomic mass is 10.1. The number of rotatable bonds is 7. The minimum absolute atomic E-state index is 0.105. The summed E-state index contributed by atoms with van der Waals surface area (Å²) in [5, 5.41) is 3.81. The number of hydrogen-bond donors (Lipinski definition) is 2. The predicted molar refractivity (Wildman–Crippen MR) is 87.3 cm³/mol. The van der Waals surface area contributed by atoms with Crippen LogP contribution in [0, 0.1) is 0 Å². The molecule has 0 saturated carbocycles. The van der Waals surface area contributed by atoms with Gasteiger partial charge in [0.2, 0.25) is 5.91 Å². The Morgan fingerprint density at radius 1 is 1.30 bits per heavy atom. The Labute approximate surface area is 134 Å². The highest BCUT2D eigenvalue weighted by molar-refractivity contribution is 5.97. The molecule has 23 heavy (non-hydrogen) atoms. The highest BCUT2D eigenvalue weighted by Gasteiger charge is 2.12. The van der Waals surface area contributed by atoms with Gasteiger partial charge in [-0.15, -0.1) is 0 Å². The van der Waals surface area contributed by atoms with Gasteiger partial charge < -0.3 is 19.8 Å². The topological polar surface area (TPSA) is 80.4 Å². The molecule has 0 fully saturated rings. The number of hydrogen-bond acceptors (Lipinski definition) is 4. The first-order chi connectivity index (χ1) is 11.0. The molecule has 0 radical (unpaired) electrons. The van der Waals surface area contributed by atoms with Gasteiger partial charge in [-0.05, 0) is 30.2 Å². The first kappa shape index (κ1) is 16.6. The Morgan fingerprint density at radius 2 is 2.09 bits per heavy atom. The normalized spacial score (nSPS) is 10.3. The number of aromatic nitrogens is 1. The molecular weight excluding hydrogens is 296 g/mol. The summed E-state index contributed by atoms with van der Waals surface area (Å²) in [6.07, 6.45) is 2.47. The van der Waals surface area contributed by atoms with Gasteiger partial charge in [0.05, 0.1) is 20.6 Å². The van der Waals surface area contributed by atoms with Crippen LogP contribution in [0.2, 0.25) is 0 Å². The van der Waals surface area contributed by atoms with Crippen LogP contribution in [0.25, 0.3) is 10.9 Å². The minimum Gasteiger partial charge on any atom is -0.497 e. The van der Waals surface area contributed by atoms with Crippen LogP contribution < -0.4 is 10.1 Å². The maximum Gasteiger partial charge on any atom is 0.310 e. The second-order valence-corrected chi connectivity index (χ2v) is 5.09. The highest BCUT2D eigenvalue weighted by Crippen LogP contribution is 2.23. The van der Waals surface area contributed by atoms with Gasteiger partial charge >= 0.3 is 5.97 Å². The Hall–Kier alpha value is -2.76. The van der Waals surface area contributed by atoms with Gasteiger partial charge in [-0.1, -0.05) is 6.58 Å². The van der Waals surface area contributed by atoms with Crippen LogP contribution in [-0.2, 0) is 20.7 Å². The number of H-pyrrole nitrogens is 1. The fourth-order valence-electron chi connectivity index (χ4n) is 2.25. The summed E-state index contributed by atoms with van der Waals surface area (Å²) in [5.74, 6) is -0.0319. The Kier molecular flexibility index (Phi) is 5.41. The fourth-order valence-corrected chi connectivity index (χ4v) is 2.25. The molecule has 1 aromatic heterocycles. The van der Waals surface area contributed by atoms with Crippen molar-refractivity contribution in [3.8, 4) is 5.75 Å². The Balaban J connectivity index is 1.92. The molecule has 6 heteroatoms. The molecule has 0 bridgehead atoms. The Morgan fingerprint density at radius 3 is 2.78 bits per heavy atom. The summed E-state index contributed by atoms with van der Waals surface area (Å²) >= 11 is 0. The number of carbonyl (C=O) groups is 2. The molecule has 1 aromatic carbocycles. The molecule has 0 spiro atoms. The number of nitrogens with one attached hydrogen (secondary N) is 2. The quantitative estimate of drug-likeness (QED) is 0.604. The van der Waals surface area contributed by atoms with Gasteiger partial charge in [-0.2, -0.15) is 0 Å². The van der Waals surface area contributed by atoms with Crippen molar-refractivity contribution in [3.05, 3.63) is 42.1 Å². The van der Waals surface area contributed by atoms with E-state index in [1.54, 1.807) is 7.11 Å². The molecule has 0 saturated heterocycles. The molecule has 2 aromatic rings. The number of ether oxygens (including phenoxy) is 2. The molecule has 0 aliphatic heterocycles. The monoisotopic (exact) mass is 316 g/mol. The minimum atomic E-state index is -0.478. The van der Waals surface area contributed by atoms with Crippen molar-refractivity contribution in [2.45, 2.75) is 12.8 Å². The standard InChI is InChI=1S/C17H20N2O4/c1-11(8-16(20)23-3)17(21)18-7-6-12-10-19-15-5-4-13(22-2)9-14(12)15/h4-5,9-10,19H,1,6-8H2,2-3H3,(H,18,21). The average Bonchev–Trinajstić information content (AvgIpc) is 2.96. The van der Waals surface area contributed by atoms with Gasteiger partial charge in [0.25, 0.3) is 0 Å². The number of fused-ring (bicyclic) bond motifs is 1. The van der Waals surface area contributed by atoms with Crippen LogP contribution in [0.3, 0.4) is 0 Å². The molecule has 0 aliphatic carbocycles. The van der Waals surface area contributed by atoms with E-state index < -0.39 is 5.97 Å². The van der Waals surface area contributed by atoms with Gasteiger partial charge in [0.15, 0.2) is 0 Å². The second kappa shape index (κ2) is 7.49. The number of esters is 1. The van der Waals surface area contributed by atoms with Crippen LogP contribution in [-0.4, -0.2) is 37.6 Å². The SMILES string of the molecule is C=C(CC(=O)OC)C(=O)NCCc1c[nH]c2ccc(OC)cc12. The van der Waals surface area contributed by atoms with E-state index in [1.165, 1.54) is 7.11 Å². The zero-order valence-corrected chi connectivity index (χ0v) is 13.3. The molecule has 1 amide bonds. The second-order valence-electron chi connectivity index (χ2n) is 5.09. The molecule has 1 heterocycles. The zero-order chi connectivity index (χ0) is 16.8. The summed E-state index contributed by atoms with van der Waals surface area (Å²) in [6.45, 7) is 4.04. The molecular formula is C17H20N2O4. The fraction of sp³-hybridized carbons (Fsp3) is 0.294. The van der Waals surface area contributed by atoms with E-state index in [9.17, 15) is 9.59 Å². The van der Waals surface area contributed by atoms with Crippen molar-refractivity contribution in [3.63, 3.8) is 0 Å². The molecule has 2 N–H and O–H groups in total. The lowest BCUT2D eigenvalue weighted by Gasteiger charge is -2.07. The van der Waals surface area contributed by atoms with Crippen LogP contribution >= 0.6 is 0 Å². The lowest BCUT2D eigenvalue weighted by molar-refractivity contribution is -0.140. The number of amides is 1. The van der Waals surface area contributed by atoms with Crippen LogP contribution in [0.4, 0.5) is 0 Å². The van der Waals surface area contributed by atoms with E-state index in [2.05, 4.69) is 21.6 Å². The maximum absolute atomic E-state index is 11.8. The molecule has 122 valence electrons. The first-order valence-electron chi connectivity index (χ1n) is 7.22. The number of methoxy groups -OCH3 is 2. The summed E-state index contributed by atoms with van der Waals surface area (Å²) < 4.78 is 9.74. The largest absolute Gasteiger partial charge is 0.497 e. The third-order valence-corrected chi connectivity index (χ3v) is 3.56. The van der Waals surface area contributed by atoms with E-state index in [1.807, 2.05) is 24.4 Å². The van der Waals surface area contributed by atoms with Gasteiger partial charge in [-0.3, -0.25) is 9.59 Å². The van der Waals surface area contributed by atoms with Crippen LogP contribution in [0.15, 0.2) is 36.5 Å². The molecule has 0 atom stereocenters. The Bertz CT molecular complexity index is 733. The van der Waals surface area contributed by atoms with Gasteiger partial charge in [0.1, 0.15) is 5.75 Å². The smallest absolute Gasteiger partial charge is 0.310 e. The van der Waals surface area contributed by atoms with E-state index in [0.29, 0.717) is 13.0 Å². The molecule has 0 unspecified atom stereocenters. The lowest BCUT2D eigenvalue weighted by Crippen LogP contribution is -2.27. The summed E-state index contributed by atoms with van der Waals surface area (Å²) in [6, 6.07) is 5.80.